The molecule has 0 aliphatic carbocycles. The summed E-state index contributed by atoms with van der Waals surface area (Å²) in [5.74, 6) is 0. The molecule has 3 heteroatoms. The van der Waals surface area contributed by atoms with Gasteiger partial charge in [-0.25, -0.2) is 0 Å². The molecule has 0 radical (unpaired) electrons. The van der Waals surface area contributed by atoms with Gasteiger partial charge in [-0.1, -0.05) is 24.3 Å². The summed E-state index contributed by atoms with van der Waals surface area (Å²) in [5.41, 5.74) is 2.84. The lowest BCUT2D eigenvalue weighted by Crippen LogP contribution is -2.48. The van der Waals surface area contributed by atoms with Gasteiger partial charge < -0.3 is 15.0 Å². The van der Waals surface area contributed by atoms with Crippen molar-refractivity contribution in [2.24, 2.45) is 0 Å². The lowest BCUT2D eigenvalue weighted by atomic mass is 9.97. The number of likely N-dealkylation sites (N-methyl/N-ethyl adjacent to an activating group) is 1. The van der Waals surface area contributed by atoms with Crippen LogP contribution in [0.25, 0.3) is 0 Å². The van der Waals surface area contributed by atoms with Gasteiger partial charge in [-0.3, -0.25) is 0 Å². The highest BCUT2D eigenvalue weighted by Gasteiger charge is 2.25. The van der Waals surface area contributed by atoms with Crippen LogP contribution in [0, 0.1) is 0 Å². The number of benzene rings is 1. The third-order valence-electron chi connectivity index (χ3n) is 3.96. The van der Waals surface area contributed by atoms with Gasteiger partial charge in [-0.05, 0) is 39.1 Å². The molecule has 0 saturated carbocycles. The Bertz CT molecular complexity index is 401. The largest absolute Gasteiger partial charge is 0.375 e. The number of fused-ring (bicyclic) bond motifs is 1. The highest BCUT2D eigenvalue weighted by atomic mass is 16.5. The average Bonchev–Trinajstić information content (AvgIpc) is 2.36. The summed E-state index contributed by atoms with van der Waals surface area (Å²) in [6, 6.07) is 8.86. The van der Waals surface area contributed by atoms with Gasteiger partial charge in [-0.2, -0.15) is 0 Å². The quantitative estimate of drug-likeness (QED) is 0.884. The summed E-state index contributed by atoms with van der Waals surface area (Å²) in [5, 5.41) is 3.63. The standard InChI is InChI=1S/C15H24N2O/c1-15(2,17(3)4)11-16-14-10-18-9-12-7-5-6-8-13(12)14/h5-8,14,16H,9-11H2,1-4H3. The molecule has 1 aliphatic heterocycles. The summed E-state index contributed by atoms with van der Waals surface area (Å²) >= 11 is 0. The molecular formula is C15H24N2O. The molecule has 0 spiro atoms. The van der Waals surface area contributed by atoms with Crippen molar-refractivity contribution in [1.29, 1.82) is 0 Å². The molecule has 3 nitrogen and oxygen atoms in total. The Morgan fingerprint density at radius 2 is 2.06 bits per heavy atom. The Hall–Kier alpha value is -0.900. The maximum absolute atomic E-state index is 5.66. The Kier molecular flexibility index (Phi) is 4.05. The zero-order chi connectivity index (χ0) is 13.2. The monoisotopic (exact) mass is 248 g/mol. The van der Waals surface area contributed by atoms with Crippen molar-refractivity contribution in [2.45, 2.75) is 32.0 Å². The molecule has 1 unspecified atom stereocenters. The number of rotatable bonds is 4. The zero-order valence-corrected chi connectivity index (χ0v) is 11.9. The van der Waals surface area contributed by atoms with E-state index >= 15 is 0 Å². The Balaban J connectivity index is 2.04. The summed E-state index contributed by atoms with van der Waals surface area (Å²) in [7, 11) is 4.24. The van der Waals surface area contributed by atoms with Crippen molar-refractivity contribution in [1.82, 2.24) is 10.2 Å². The fourth-order valence-electron chi connectivity index (χ4n) is 2.08. The molecule has 2 rings (SSSR count). The molecule has 100 valence electrons. The minimum Gasteiger partial charge on any atom is -0.375 e. The van der Waals surface area contributed by atoms with Crippen LogP contribution in [0.2, 0.25) is 0 Å². The zero-order valence-electron chi connectivity index (χ0n) is 11.9. The Labute approximate surface area is 110 Å². The lowest BCUT2D eigenvalue weighted by molar-refractivity contribution is 0.0757. The van der Waals surface area contributed by atoms with Crippen LogP contribution in [-0.2, 0) is 11.3 Å². The second kappa shape index (κ2) is 5.39. The third kappa shape index (κ3) is 2.91. The Morgan fingerprint density at radius 3 is 2.78 bits per heavy atom. The van der Waals surface area contributed by atoms with Crippen LogP contribution in [0.5, 0.6) is 0 Å². The summed E-state index contributed by atoms with van der Waals surface area (Å²) < 4.78 is 5.66. The Morgan fingerprint density at radius 1 is 1.33 bits per heavy atom. The van der Waals surface area contributed by atoms with E-state index in [4.69, 9.17) is 4.74 Å². The third-order valence-corrected chi connectivity index (χ3v) is 3.96. The van der Waals surface area contributed by atoms with Gasteiger partial charge in [0.2, 0.25) is 0 Å². The van der Waals surface area contributed by atoms with Crippen LogP contribution in [0.1, 0.15) is 31.0 Å². The van der Waals surface area contributed by atoms with Gasteiger partial charge in [0.05, 0.1) is 19.3 Å². The first-order chi connectivity index (χ1) is 8.50. The van der Waals surface area contributed by atoms with Crippen molar-refractivity contribution >= 4 is 0 Å². The molecule has 1 N–H and O–H groups in total. The second-order valence-electron chi connectivity index (χ2n) is 5.85. The molecule has 18 heavy (non-hydrogen) atoms. The highest BCUT2D eigenvalue weighted by Crippen LogP contribution is 2.24. The first-order valence-electron chi connectivity index (χ1n) is 6.57. The highest BCUT2D eigenvalue weighted by molar-refractivity contribution is 5.31. The van der Waals surface area contributed by atoms with Crippen molar-refractivity contribution in [3.05, 3.63) is 35.4 Å². The van der Waals surface area contributed by atoms with Crippen molar-refractivity contribution < 1.29 is 4.74 Å². The number of nitrogens with one attached hydrogen (secondary N) is 1. The van der Waals surface area contributed by atoms with E-state index < -0.39 is 0 Å². The van der Waals surface area contributed by atoms with E-state index in [-0.39, 0.29) is 5.54 Å². The summed E-state index contributed by atoms with van der Waals surface area (Å²) in [4.78, 5) is 2.25. The molecule has 0 fully saturated rings. The molecule has 1 aromatic carbocycles. The second-order valence-corrected chi connectivity index (χ2v) is 5.85. The molecule has 0 aromatic heterocycles. The van der Waals surface area contributed by atoms with Crippen LogP contribution >= 0.6 is 0 Å². The van der Waals surface area contributed by atoms with E-state index in [0.717, 1.165) is 19.8 Å². The van der Waals surface area contributed by atoms with Crippen LogP contribution in [0.15, 0.2) is 24.3 Å². The lowest BCUT2D eigenvalue weighted by Gasteiger charge is -2.35. The molecular weight excluding hydrogens is 224 g/mol. The first-order valence-corrected chi connectivity index (χ1v) is 6.57. The topological polar surface area (TPSA) is 24.5 Å². The first kappa shape index (κ1) is 13.5. The predicted octanol–water partition coefficient (Wildman–Crippen LogP) is 2.19. The predicted molar refractivity (Wildman–Crippen MR) is 74.6 cm³/mol. The van der Waals surface area contributed by atoms with E-state index in [9.17, 15) is 0 Å². The van der Waals surface area contributed by atoms with Gasteiger partial charge in [0.1, 0.15) is 0 Å². The van der Waals surface area contributed by atoms with E-state index in [0.29, 0.717) is 6.04 Å². The molecule has 1 aliphatic rings. The summed E-state index contributed by atoms with van der Waals surface area (Å²) in [6.07, 6.45) is 0. The van der Waals surface area contributed by atoms with Crippen molar-refractivity contribution in [3.8, 4) is 0 Å². The number of hydrogen-bond donors (Lipinski definition) is 1. The SMILES string of the molecule is CN(C)C(C)(C)CNC1COCc2ccccc21. The number of nitrogens with zero attached hydrogens (tertiary/aromatic N) is 1. The van der Waals surface area contributed by atoms with Crippen LogP contribution in [-0.4, -0.2) is 37.7 Å². The van der Waals surface area contributed by atoms with E-state index in [1.807, 2.05) is 0 Å². The average molecular weight is 248 g/mol. The fraction of sp³-hybridized carbons (Fsp3) is 0.600. The molecule has 1 atom stereocenters. The number of ether oxygens (including phenoxy) is 1. The van der Waals surface area contributed by atoms with E-state index in [1.54, 1.807) is 0 Å². The maximum Gasteiger partial charge on any atom is 0.0721 e. The minimum atomic E-state index is 0.145. The van der Waals surface area contributed by atoms with Crippen LogP contribution in [0.3, 0.4) is 0 Å². The van der Waals surface area contributed by atoms with Gasteiger partial charge in [0, 0.05) is 12.1 Å². The minimum absolute atomic E-state index is 0.145. The van der Waals surface area contributed by atoms with Gasteiger partial charge >= 0.3 is 0 Å². The molecule has 0 bridgehead atoms. The van der Waals surface area contributed by atoms with Crippen LogP contribution in [0.4, 0.5) is 0 Å². The molecule has 0 saturated heterocycles. The normalized spacial score (nSPS) is 19.9. The molecule has 1 aromatic rings. The van der Waals surface area contributed by atoms with Crippen LogP contribution < -0.4 is 5.32 Å². The van der Waals surface area contributed by atoms with Gasteiger partial charge in [0.25, 0.3) is 0 Å². The maximum atomic E-state index is 5.66. The fourth-order valence-corrected chi connectivity index (χ4v) is 2.08. The van der Waals surface area contributed by atoms with Gasteiger partial charge in [0.15, 0.2) is 0 Å². The van der Waals surface area contributed by atoms with Crippen molar-refractivity contribution in [2.75, 3.05) is 27.2 Å². The smallest absolute Gasteiger partial charge is 0.0721 e. The van der Waals surface area contributed by atoms with Gasteiger partial charge in [-0.15, -0.1) is 0 Å². The molecule has 1 heterocycles. The number of hydrogen-bond acceptors (Lipinski definition) is 3. The molecule has 0 amide bonds. The summed E-state index contributed by atoms with van der Waals surface area (Å²) in [6.45, 7) is 6.94. The van der Waals surface area contributed by atoms with E-state index in [2.05, 4.69) is 62.4 Å². The van der Waals surface area contributed by atoms with Crippen molar-refractivity contribution in [3.63, 3.8) is 0 Å². The van der Waals surface area contributed by atoms with E-state index in [1.165, 1.54) is 11.1 Å².